The summed E-state index contributed by atoms with van der Waals surface area (Å²) in [5.41, 5.74) is 0.990. The molecule has 0 bridgehead atoms. The first-order valence-electron chi connectivity index (χ1n) is 7.47. The highest BCUT2D eigenvalue weighted by Gasteiger charge is 2.15. The lowest BCUT2D eigenvalue weighted by Gasteiger charge is -2.25. The van der Waals surface area contributed by atoms with Crippen molar-refractivity contribution in [1.82, 2.24) is 0 Å². The van der Waals surface area contributed by atoms with E-state index in [1.54, 1.807) is 14.2 Å². The molecule has 0 unspecified atom stereocenters. The first kappa shape index (κ1) is 15.9. The molecule has 0 amide bonds. The fourth-order valence-electron chi connectivity index (χ4n) is 2.55. The Balaban J connectivity index is 2.05. The zero-order valence-electron chi connectivity index (χ0n) is 12.9. The maximum Gasteiger partial charge on any atom is 0.188 e. The SMILES string of the molecule is COCOc1ccc(NC2CCCCC2)c(OCOC)c1. The zero-order valence-corrected chi connectivity index (χ0v) is 12.9. The third kappa shape index (κ3) is 5.10. The summed E-state index contributed by atoms with van der Waals surface area (Å²) in [5.74, 6) is 1.47. The molecule has 5 heteroatoms. The van der Waals surface area contributed by atoms with Crippen molar-refractivity contribution < 1.29 is 18.9 Å². The van der Waals surface area contributed by atoms with E-state index in [9.17, 15) is 0 Å². The predicted octanol–water partition coefficient (Wildman–Crippen LogP) is 3.40. The summed E-state index contributed by atoms with van der Waals surface area (Å²) in [6, 6.07) is 6.30. The van der Waals surface area contributed by atoms with Crippen molar-refractivity contribution >= 4 is 5.69 Å². The van der Waals surface area contributed by atoms with Gasteiger partial charge < -0.3 is 24.3 Å². The van der Waals surface area contributed by atoms with Crippen LogP contribution in [-0.4, -0.2) is 33.8 Å². The Morgan fingerprint density at radius 2 is 1.71 bits per heavy atom. The minimum absolute atomic E-state index is 0.215. The van der Waals surface area contributed by atoms with Gasteiger partial charge in [-0.15, -0.1) is 0 Å². The Kier molecular flexibility index (Phi) is 6.63. The van der Waals surface area contributed by atoms with E-state index in [1.807, 2.05) is 18.2 Å². The van der Waals surface area contributed by atoms with Crippen LogP contribution in [0.15, 0.2) is 18.2 Å². The number of benzene rings is 1. The van der Waals surface area contributed by atoms with Gasteiger partial charge in [0, 0.05) is 26.3 Å². The summed E-state index contributed by atoms with van der Waals surface area (Å²) in [5, 5.41) is 3.57. The van der Waals surface area contributed by atoms with Crippen LogP contribution in [0.2, 0.25) is 0 Å². The normalized spacial score (nSPS) is 15.7. The molecule has 1 aromatic carbocycles. The molecule has 1 aliphatic carbocycles. The van der Waals surface area contributed by atoms with Crippen LogP contribution in [-0.2, 0) is 9.47 Å². The molecule has 1 fully saturated rings. The highest BCUT2D eigenvalue weighted by atomic mass is 16.7. The smallest absolute Gasteiger partial charge is 0.188 e. The van der Waals surface area contributed by atoms with Gasteiger partial charge in [0.05, 0.1) is 5.69 Å². The quantitative estimate of drug-likeness (QED) is 0.745. The highest BCUT2D eigenvalue weighted by Crippen LogP contribution is 2.32. The molecule has 0 heterocycles. The minimum atomic E-state index is 0.215. The summed E-state index contributed by atoms with van der Waals surface area (Å²) in [6.45, 7) is 0.437. The Labute approximate surface area is 126 Å². The van der Waals surface area contributed by atoms with Crippen LogP contribution in [0, 0.1) is 0 Å². The van der Waals surface area contributed by atoms with Gasteiger partial charge in [0.1, 0.15) is 11.5 Å². The number of anilines is 1. The molecular weight excluding hydrogens is 270 g/mol. The topological polar surface area (TPSA) is 49.0 Å². The van der Waals surface area contributed by atoms with Crippen molar-refractivity contribution in [1.29, 1.82) is 0 Å². The van der Waals surface area contributed by atoms with Crippen LogP contribution >= 0.6 is 0 Å². The molecule has 0 aliphatic heterocycles. The molecule has 118 valence electrons. The van der Waals surface area contributed by atoms with E-state index in [1.165, 1.54) is 32.1 Å². The molecule has 0 atom stereocenters. The van der Waals surface area contributed by atoms with E-state index < -0.39 is 0 Å². The largest absolute Gasteiger partial charge is 0.467 e. The van der Waals surface area contributed by atoms with E-state index in [-0.39, 0.29) is 13.6 Å². The lowest BCUT2D eigenvalue weighted by atomic mass is 9.95. The van der Waals surface area contributed by atoms with Gasteiger partial charge >= 0.3 is 0 Å². The van der Waals surface area contributed by atoms with E-state index in [2.05, 4.69) is 5.32 Å². The average Bonchev–Trinajstić information content (AvgIpc) is 2.53. The second-order valence-electron chi connectivity index (χ2n) is 5.24. The van der Waals surface area contributed by atoms with Crippen LogP contribution < -0.4 is 14.8 Å². The second-order valence-corrected chi connectivity index (χ2v) is 5.24. The van der Waals surface area contributed by atoms with Gasteiger partial charge in [-0.3, -0.25) is 0 Å². The van der Waals surface area contributed by atoms with Crippen molar-refractivity contribution in [3.05, 3.63) is 18.2 Å². The maximum absolute atomic E-state index is 5.64. The van der Waals surface area contributed by atoms with Crippen LogP contribution in [0.4, 0.5) is 5.69 Å². The first-order valence-corrected chi connectivity index (χ1v) is 7.47. The molecule has 1 saturated carbocycles. The summed E-state index contributed by atoms with van der Waals surface area (Å²) >= 11 is 0. The lowest BCUT2D eigenvalue weighted by molar-refractivity contribution is 0.0463. The van der Waals surface area contributed by atoms with Gasteiger partial charge in [-0.25, -0.2) is 0 Å². The molecule has 0 aromatic heterocycles. The standard InChI is InChI=1S/C16H25NO4/c1-18-11-20-14-8-9-15(16(10-14)21-12-19-2)17-13-6-4-3-5-7-13/h8-10,13,17H,3-7,11-12H2,1-2H3. The van der Waals surface area contributed by atoms with Crippen molar-refractivity contribution in [3.63, 3.8) is 0 Å². The Morgan fingerprint density at radius 1 is 1.00 bits per heavy atom. The third-order valence-electron chi connectivity index (χ3n) is 3.59. The van der Waals surface area contributed by atoms with Gasteiger partial charge in [0.25, 0.3) is 0 Å². The first-order chi connectivity index (χ1) is 10.3. The van der Waals surface area contributed by atoms with Crippen molar-refractivity contribution in [2.24, 2.45) is 0 Å². The molecule has 1 N–H and O–H groups in total. The van der Waals surface area contributed by atoms with Gasteiger partial charge in [-0.05, 0) is 25.0 Å². The summed E-state index contributed by atoms with van der Waals surface area (Å²) < 4.78 is 21.0. The fourth-order valence-corrected chi connectivity index (χ4v) is 2.55. The van der Waals surface area contributed by atoms with Crippen LogP contribution in [0.5, 0.6) is 11.5 Å². The molecule has 0 saturated heterocycles. The molecule has 1 aliphatic rings. The van der Waals surface area contributed by atoms with Crippen LogP contribution in [0.1, 0.15) is 32.1 Å². The van der Waals surface area contributed by atoms with Crippen molar-refractivity contribution in [2.75, 3.05) is 33.1 Å². The monoisotopic (exact) mass is 295 g/mol. The maximum atomic E-state index is 5.64. The molecule has 1 aromatic rings. The summed E-state index contributed by atoms with van der Waals surface area (Å²) in [4.78, 5) is 0. The molecule has 21 heavy (non-hydrogen) atoms. The van der Waals surface area contributed by atoms with E-state index in [4.69, 9.17) is 18.9 Å². The zero-order chi connectivity index (χ0) is 14.9. The van der Waals surface area contributed by atoms with E-state index >= 15 is 0 Å². The molecular formula is C16H25NO4. The lowest BCUT2D eigenvalue weighted by Crippen LogP contribution is -2.22. The van der Waals surface area contributed by atoms with Gasteiger partial charge in [0.15, 0.2) is 13.6 Å². The predicted molar refractivity (Wildman–Crippen MR) is 81.9 cm³/mol. The molecule has 0 radical (unpaired) electrons. The second kappa shape index (κ2) is 8.74. The van der Waals surface area contributed by atoms with E-state index in [0.717, 1.165) is 17.2 Å². The molecule has 5 nitrogen and oxygen atoms in total. The highest BCUT2D eigenvalue weighted by molar-refractivity contribution is 5.59. The Morgan fingerprint density at radius 3 is 2.43 bits per heavy atom. The molecule has 2 rings (SSSR count). The number of hydrogen-bond acceptors (Lipinski definition) is 5. The van der Waals surface area contributed by atoms with Gasteiger partial charge in [-0.1, -0.05) is 19.3 Å². The number of rotatable bonds is 8. The minimum Gasteiger partial charge on any atom is -0.467 e. The number of ether oxygens (including phenoxy) is 4. The summed E-state index contributed by atoms with van der Waals surface area (Å²) in [6.07, 6.45) is 6.36. The number of methoxy groups -OCH3 is 2. The number of nitrogens with one attached hydrogen (secondary N) is 1. The van der Waals surface area contributed by atoms with E-state index in [0.29, 0.717) is 6.04 Å². The van der Waals surface area contributed by atoms with Crippen molar-refractivity contribution in [2.45, 2.75) is 38.1 Å². The summed E-state index contributed by atoms with van der Waals surface area (Å²) in [7, 11) is 3.21. The van der Waals surface area contributed by atoms with Gasteiger partial charge in [-0.2, -0.15) is 0 Å². The molecule has 0 spiro atoms. The third-order valence-corrected chi connectivity index (χ3v) is 3.59. The van der Waals surface area contributed by atoms with Crippen LogP contribution in [0.3, 0.4) is 0 Å². The Bertz CT molecular complexity index is 419. The Hall–Kier alpha value is -1.46. The van der Waals surface area contributed by atoms with Crippen LogP contribution in [0.25, 0.3) is 0 Å². The average molecular weight is 295 g/mol. The van der Waals surface area contributed by atoms with Gasteiger partial charge in [0.2, 0.25) is 0 Å². The van der Waals surface area contributed by atoms with Crippen molar-refractivity contribution in [3.8, 4) is 11.5 Å². The number of hydrogen-bond donors (Lipinski definition) is 1. The fraction of sp³-hybridized carbons (Fsp3) is 0.625.